The second-order valence-electron chi connectivity index (χ2n) is 5.62. The molecule has 0 N–H and O–H groups in total. The third-order valence-electron chi connectivity index (χ3n) is 3.90. The molecule has 3 heterocycles. The molecule has 0 saturated carbocycles. The van der Waals surface area contributed by atoms with E-state index in [4.69, 9.17) is 4.74 Å². The smallest absolute Gasteiger partial charge is 0.203 e. The van der Waals surface area contributed by atoms with Crippen LogP contribution in [0.3, 0.4) is 0 Å². The number of rotatable bonds is 6. The Morgan fingerprint density at radius 3 is 2.67 bits per heavy atom. The van der Waals surface area contributed by atoms with Crippen molar-refractivity contribution < 1.29 is 9.53 Å². The van der Waals surface area contributed by atoms with Gasteiger partial charge in [0, 0.05) is 11.8 Å². The summed E-state index contributed by atoms with van der Waals surface area (Å²) in [6, 6.07) is 16.3. The number of hydrogen-bond donors (Lipinski definition) is 0. The Hall–Kier alpha value is -3.26. The first kappa shape index (κ1) is 17.2. The molecule has 0 spiro atoms. The maximum Gasteiger partial charge on any atom is 0.203 e. The van der Waals surface area contributed by atoms with Crippen molar-refractivity contribution >= 4 is 23.2 Å². The molecule has 134 valence electrons. The molecule has 27 heavy (non-hydrogen) atoms. The highest BCUT2D eigenvalue weighted by molar-refractivity contribution is 7.99. The van der Waals surface area contributed by atoms with Crippen LogP contribution in [0.5, 0.6) is 5.75 Å². The molecule has 0 fully saturated rings. The Morgan fingerprint density at radius 2 is 1.93 bits per heavy atom. The van der Waals surface area contributed by atoms with Crippen molar-refractivity contribution in [3.63, 3.8) is 0 Å². The van der Waals surface area contributed by atoms with Crippen LogP contribution in [-0.4, -0.2) is 43.4 Å². The molecule has 3 aromatic heterocycles. The summed E-state index contributed by atoms with van der Waals surface area (Å²) in [5, 5.41) is 13.5. The summed E-state index contributed by atoms with van der Waals surface area (Å²) in [6.07, 6.45) is 1.70. The molecular formula is C19H15N5O2S. The van der Waals surface area contributed by atoms with Crippen molar-refractivity contribution in [1.29, 1.82) is 0 Å². The van der Waals surface area contributed by atoms with Gasteiger partial charge in [0.15, 0.2) is 11.4 Å². The van der Waals surface area contributed by atoms with Crippen LogP contribution in [0, 0.1) is 0 Å². The van der Waals surface area contributed by atoms with E-state index in [0.717, 1.165) is 5.75 Å². The zero-order valence-electron chi connectivity index (χ0n) is 14.4. The van der Waals surface area contributed by atoms with Gasteiger partial charge in [-0.25, -0.2) is 0 Å². The summed E-state index contributed by atoms with van der Waals surface area (Å²) in [5.41, 5.74) is 1.96. The fourth-order valence-electron chi connectivity index (χ4n) is 2.50. The number of methoxy groups -OCH3 is 1. The van der Waals surface area contributed by atoms with E-state index >= 15 is 0 Å². The number of pyridine rings is 1. The lowest BCUT2D eigenvalue weighted by Crippen LogP contribution is -2.03. The number of benzene rings is 1. The van der Waals surface area contributed by atoms with Crippen LogP contribution in [0.2, 0.25) is 0 Å². The van der Waals surface area contributed by atoms with Crippen LogP contribution in [-0.2, 0) is 0 Å². The minimum atomic E-state index is 0.0262. The maximum absolute atomic E-state index is 12.4. The first-order valence-corrected chi connectivity index (χ1v) is 9.17. The van der Waals surface area contributed by atoms with Gasteiger partial charge in [0.05, 0.1) is 12.9 Å². The average molecular weight is 377 g/mol. The van der Waals surface area contributed by atoms with Gasteiger partial charge in [0.2, 0.25) is 5.82 Å². The predicted molar refractivity (Wildman–Crippen MR) is 102 cm³/mol. The third kappa shape index (κ3) is 3.65. The first-order valence-electron chi connectivity index (χ1n) is 8.18. The number of ether oxygens (including phenoxy) is 1. The highest BCUT2D eigenvalue weighted by Gasteiger charge is 2.12. The zero-order chi connectivity index (χ0) is 18.6. The van der Waals surface area contributed by atoms with Gasteiger partial charge in [-0.2, -0.15) is 9.61 Å². The first-order chi connectivity index (χ1) is 13.2. The summed E-state index contributed by atoms with van der Waals surface area (Å²) in [6.45, 7) is 0. The van der Waals surface area contributed by atoms with Crippen LogP contribution in [0.15, 0.2) is 65.8 Å². The molecule has 0 radical (unpaired) electrons. The number of fused-ring (bicyclic) bond motifs is 1. The average Bonchev–Trinajstić information content (AvgIpc) is 3.16. The summed E-state index contributed by atoms with van der Waals surface area (Å²) in [4.78, 5) is 16.7. The highest BCUT2D eigenvalue weighted by Crippen LogP contribution is 2.21. The molecule has 7 nitrogen and oxygen atoms in total. The van der Waals surface area contributed by atoms with E-state index < -0.39 is 0 Å². The van der Waals surface area contributed by atoms with Gasteiger partial charge in [-0.15, -0.1) is 10.2 Å². The van der Waals surface area contributed by atoms with Crippen LogP contribution < -0.4 is 4.74 Å². The van der Waals surface area contributed by atoms with E-state index in [1.165, 1.54) is 11.8 Å². The minimum Gasteiger partial charge on any atom is -0.497 e. The molecule has 0 amide bonds. The molecule has 0 aliphatic rings. The Bertz CT molecular complexity index is 1080. The summed E-state index contributed by atoms with van der Waals surface area (Å²) in [5.74, 6) is 1.60. The Labute approximate surface area is 159 Å². The Balaban J connectivity index is 1.53. The molecule has 0 bridgehead atoms. The van der Waals surface area contributed by atoms with Gasteiger partial charge in [-0.1, -0.05) is 17.8 Å². The van der Waals surface area contributed by atoms with Crippen LogP contribution in [0.25, 0.3) is 17.2 Å². The van der Waals surface area contributed by atoms with E-state index in [2.05, 4.69) is 20.3 Å². The molecular weight excluding hydrogens is 362 g/mol. The quantitative estimate of drug-likeness (QED) is 0.377. The number of Topliss-reactive ketones (excluding diaryl/α,β-unsaturated/α-hetero) is 1. The van der Waals surface area contributed by atoms with Crippen molar-refractivity contribution in [3.05, 3.63) is 66.4 Å². The number of hydrogen-bond acceptors (Lipinski definition) is 7. The minimum absolute atomic E-state index is 0.0262. The molecule has 1 aromatic carbocycles. The number of thioether (sulfide) groups is 1. The summed E-state index contributed by atoms with van der Waals surface area (Å²) >= 11 is 1.37. The van der Waals surface area contributed by atoms with Crippen molar-refractivity contribution in [3.8, 4) is 17.3 Å². The van der Waals surface area contributed by atoms with Gasteiger partial charge in [-0.3, -0.25) is 9.78 Å². The number of nitrogens with zero attached hydrogens (tertiary/aromatic N) is 5. The fraction of sp³-hybridized carbons (Fsp3) is 0.105. The predicted octanol–water partition coefficient (Wildman–Crippen LogP) is 3.17. The fourth-order valence-corrected chi connectivity index (χ4v) is 3.25. The van der Waals surface area contributed by atoms with Crippen molar-refractivity contribution in [2.75, 3.05) is 12.9 Å². The van der Waals surface area contributed by atoms with Crippen LogP contribution >= 0.6 is 11.8 Å². The second kappa shape index (κ2) is 7.55. The lowest BCUT2D eigenvalue weighted by atomic mass is 10.1. The molecule has 4 aromatic rings. The van der Waals surface area contributed by atoms with Crippen LogP contribution in [0.4, 0.5) is 0 Å². The van der Waals surface area contributed by atoms with Crippen molar-refractivity contribution in [2.24, 2.45) is 0 Å². The van der Waals surface area contributed by atoms with Crippen LogP contribution in [0.1, 0.15) is 10.4 Å². The van der Waals surface area contributed by atoms with Crippen molar-refractivity contribution in [2.45, 2.75) is 5.03 Å². The largest absolute Gasteiger partial charge is 0.497 e. The van der Waals surface area contributed by atoms with E-state index in [1.54, 1.807) is 42.1 Å². The molecule has 0 atom stereocenters. The second-order valence-corrected chi connectivity index (χ2v) is 6.62. The molecule has 0 saturated heterocycles. The van der Waals surface area contributed by atoms with Gasteiger partial charge >= 0.3 is 0 Å². The Morgan fingerprint density at radius 1 is 1.07 bits per heavy atom. The van der Waals surface area contributed by atoms with Gasteiger partial charge < -0.3 is 4.74 Å². The van der Waals surface area contributed by atoms with Gasteiger partial charge in [0.1, 0.15) is 16.5 Å². The molecule has 8 heteroatoms. The molecule has 0 aliphatic carbocycles. The number of carbonyl (C=O) groups is 1. The number of ketones is 1. The monoisotopic (exact) mass is 377 g/mol. The molecule has 0 aliphatic heterocycles. The number of carbonyl (C=O) groups excluding carboxylic acids is 1. The van der Waals surface area contributed by atoms with E-state index in [1.807, 2.05) is 30.3 Å². The molecule has 0 unspecified atom stereocenters. The standard InChI is InChI=1S/C19H15N5O2S/c1-26-14-7-5-13(6-8-14)16(25)12-27-18-10-9-17-21-22-19(24(17)23-18)15-4-2-3-11-20-15/h2-11H,12H2,1H3. The SMILES string of the molecule is COc1ccc(C(=O)CSc2ccc3nnc(-c4ccccn4)n3n2)cc1. The van der Waals surface area contributed by atoms with E-state index in [9.17, 15) is 4.79 Å². The lowest BCUT2D eigenvalue weighted by Gasteiger charge is -2.04. The lowest BCUT2D eigenvalue weighted by molar-refractivity contribution is 0.102. The normalized spacial score (nSPS) is 10.9. The van der Waals surface area contributed by atoms with Gasteiger partial charge in [-0.05, 0) is 48.5 Å². The maximum atomic E-state index is 12.4. The highest BCUT2D eigenvalue weighted by atomic mass is 32.2. The summed E-state index contributed by atoms with van der Waals surface area (Å²) < 4.78 is 6.75. The van der Waals surface area contributed by atoms with E-state index in [0.29, 0.717) is 27.8 Å². The summed E-state index contributed by atoms with van der Waals surface area (Å²) in [7, 11) is 1.60. The topological polar surface area (TPSA) is 82.3 Å². The van der Waals surface area contributed by atoms with Gasteiger partial charge in [0.25, 0.3) is 0 Å². The molecule has 4 rings (SSSR count). The third-order valence-corrected chi connectivity index (χ3v) is 4.82. The van der Waals surface area contributed by atoms with Crippen molar-refractivity contribution in [1.82, 2.24) is 24.8 Å². The number of aromatic nitrogens is 5. The Kier molecular flexibility index (Phi) is 4.80. The zero-order valence-corrected chi connectivity index (χ0v) is 15.3. The van der Waals surface area contributed by atoms with E-state index in [-0.39, 0.29) is 11.5 Å².